The summed E-state index contributed by atoms with van der Waals surface area (Å²) in [7, 11) is 0. The maximum Gasteiger partial charge on any atom is 0.217 e. The van der Waals surface area contributed by atoms with Crippen LogP contribution in [0.25, 0.3) is 0 Å². The van der Waals surface area contributed by atoms with Gasteiger partial charge in [0.15, 0.2) is 23.6 Å². The molecule has 2 aromatic rings. The number of fused-ring (bicyclic) bond motifs is 1. The van der Waals surface area contributed by atoms with Gasteiger partial charge >= 0.3 is 0 Å². The lowest BCUT2D eigenvalue weighted by Gasteiger charge is -2.13. The smallest absolute Gasteiger partial charge is 0.217 e. The first-order chi connectivity index (χ1) is 11.0. The molecule has 1 saturated carbocycles. The second-order valence-corrected chi connectivity index (χ2v) is 5.89. The van der Waals surface area contributed by atoms with E-state index in [1.807, 2.05) is 0 Å². The molecule has 0 saturated heterocycles. The highest BCUT2D eigenvalue weighted by Gasteiger charge is 2.40. The van der Waals surface area contributed by atoms with Gasteiger partial charge in [0.05, 0.1) is 6.04 Å². The summed E-state index contributed by atoms with van der Waals surface area (Å²) in [5, 5.41) is 3.97. The number of carbonyl (C=O) groups is 1. The molecule has 0 N–H and O–H groups in total. The molecule has 4 nitrogen and oxygen atoms in total. The zero-order valence-corrected chi connectivity index (χ0v) is 11.8. The first-order valence-corrected chi connectivity index (χ1v) is 7.25. The quantitative estimate of drug-likeness (QED) is 0.494. The molecule has 0 spiro atoms. The fourth-order valence-corrected chi connectivity index (χ4v) is 2.89. The molecule has 1 aliphatic carbocycles. The number of alkyl halides is 1. The number of ketones is 1. The van der Waals surface area contributed by atoms with E-state index in [2.05, 4.69) is 10.1 Å². The molecule has 2 unspecified atom stereocenters. The summed E-state index contributed by atoms with van der Waals surface area (Å²) < 4.78 is 56.0. The standard InChI is InChI=1S/C15H11F4N3O/c16-7-3-8(12(19)9(17)4-7)11-5-10(18)15-20-14(21-22(11)15)13(23)6-1-2-6/h3-4,6,10-11H,1-2,5H2. The van der Waals surface area contributed by atoms with Crippen LogP contribution in [0.15, 0.2) is 12.1 Å². The number of benzene rings is 1. The van der Waals surface area contributed by atoms with Crippen molar-refractivity contribution in [2.24, 2.45) is 5.92 Å². The highest BCUT2D eigenvalue weighted by molar-refractivity contribution is 5.95. The van der Waals surface area contributed by atoms with E-state index in [4.69, 9.17) is 0 Å². The summed E-state index contributed by atoms with van der Waals surface area (Å²) in [4.78, 5) is 15.9. The van der Waals surface area contributed by atoms with Gasteiger partial charge in [0.25, 0.3) is 0 Å². The number of halogens is 4. The van der Waals surface area contributed by atoms with Gasteiger partial charge in [-0.25, -0.2) is 27.2 Å². The first-order valence-electron chi connectivity index (χ1n) is 7.25. The van der Waals surface area contributed by atoms with E-state index in [1.165, 1.54) is 0 Å². The van der Waals surface area contributed by atoms with E-state index in [1.54, 1.807) is 0 Å². The van der Waals surface area contributed by atoms with Crippen LogP contribution in [0, 0.1) is 23.4 Å². The first kappa shape index (κ1) is 14.3. The van der Waals surface area contributed by atoms with Crippen molar-refractivity contribution in [3.05, 3.63) is 46.8 Å². The fraction of sp³-hybridized carbons (Fsp3) is 0.400. The molecule has 1 fully saturated rings. The van der Waals surface area contributed by atoms with Gasteiger partial charge in [-0.2, -0.15) is 0 Å². The lowest BCUT2D eigenvalue weighted by Crippen LogP contribution is -2.13. The Bertz CT molecular complexity index is 815. The SMILES string of the molecule is O=C(c1nc2n(n1)C(c1cc(F)cc(F)c1F)CC2F)C1CC1. The Morgan fingerprint density at radius 2 is 1.96 bits per heavy atom. The average molecular weight is 325 g/mol. The van der Waals surface area contributed by atoms with Gasteiger partial charge < -0.3 is 0 Å². The number of aromatic nitrogens is 3. The number of Topliss-reactive ketones (excluding diaryl/α,β-unsaturated/α-hetero) is 1. The minimum atomic E-state index is -1.57. The van der Waals surface area contributed by atoms with Crippen molar-refractivity contribution in [3.8, 4) is 0 Å². The molecule has 2 aliphatic rings. The van der Waals surface area contributed by atoms with Gasteiger partial charge in [0.2, 0.25) is 11.6 Å². The third-order valence-electron chi connectivity index (χ3n) is 4.21. The molecule has 23 heavy (non-hydrogen) atoms. The Kier molecular flexibility index (Phi) is 3.04. The molecule has 2 heterocycles. The van der Waals surface area contributed by atoms with Crippen LogP contribution >= 0.6 is 0 Å². The van der Waals surface area contributed by atoms with Crippen LogP contribution < -0.4 is 0 Å². The minimum Gasteiger partial charge on any atom is -0.290 e. The molecule has 8 heteroatoms. The minimum absolute atomic E-state index is 0.108. The zero-order valence-electron chi connectivity index (χ0n) is 11.8. The Morgan fingerprint density at radius 1 is 1.22 bits per heavy atom. The van der Waals surface area contributed by atoms with E-state index in [-0.39, 0.29) is 35.3 Å². The maximum atomic E-state index is 14.1. The van der Waals surface area contributed by atoms with Crippen LogP contribution in [-0.2, 0) is 0 Å². The molecule has 120 valence electrons. The molecular weight excluding hydrogens is 314 g/mol. The number of hydrogen-bond donors (Lipinski definition) is 0. The summed E-state index contributed by atoms with van der Waals surface area (Å²) in [6.45, 7) is 0. The fourth-order valence-electron chi connectivity index (χ4n) is 2.89. The van der Waals surface area contributed by atoms with Gasteiger partial charge in [-0.15, -0.1) is 5.10 Å². The van der Waals surface area contributed by atoms with Crippen LogP contribution in [0.2, 0.25) is 0 Å². The predicted molar refractivity (Wildman–Crippen MR) is 70.0 cm³/mol. The van der Waals surface area contributed by atoms with Gasteiger partial charge in [-0.05, 0) is 18.9 Å². The maximum absolute atomic E-state index is 14.1. The summed E-state index contributed by atoms with van der Waals surface area (Å²) in [6.07, 6.45) is -0.310. The second kappa shape index (κ2) is 4.87. The summed E-state index contributed by atoms with van der Waals surface area (Å²) >= 11 is 0. The van der Waals surface area contributed by atoms with Crippen molar-refractivity contribution >= 4 is 5.78 Å². The van der Waals surface area contributed by atoms with Crippen LogP contribution in [0.5, 0.6) is 0 Å². The summed E-state index contributed by atoms with van der Waals surface area (Å²) in [6, 6.07) is 0.207. The van der Waals surface area contributed by atoms with Crippen LogP contribution in [0.4, 0.5) is 17.6 Å². The molecule has 0 radical (unpaired) electrons. The molecule has 0 amide bonds. The largest absolute Gasteiger partial charge is 0.290 e. The normalized spacial score (nSPS) is 23.1. The number of hydrogen-bond acceptors (Lipinski definition) is 3. The third kappa shape index (κ3) is 2.24. The second-order valence-electron chi connectivity index (χ2n) is 5.89. The van der Waals surface area contributed by atoms with Crippen molar-refractivity contribution in [2.45, 2.75) is 31.5 Å². The Balaban J connectivity index is 1.78. The number of rotatable bonds is 3. The number of nitrogens with zero attached hydrogens (tertiary/aromatic N) is 3. The highest BCUT2D eigenvalue weighted by Crippen LogP contribution is 2.41. The molecule has 4 rings (SSSR count). The Labute approximate surface area is 128 Å². The molecule has 2 atom stereocenters. The third-order valence-corrected chi connectivity index (χ3v) is 4.21. The highest BCUT2D eigenvalue weighted by atomic mass is 19.2. The van der Waals surface area contributed by atoms with E-state index < -0.39 is 29.7 Å². The van der Waals surface area contributed by atoms with E-state index >= 15 is 0 Å². The van der Waals surface area contributed by atoms with Crippen molar-refractivity contribution in [2.75, 3.05) is 0 Å². The monoisotopic (exact) mass is 325 g/mol. The predicted octanol–water partition coefficient (Wildman–Crippen LogP) is 3.29. The van der Waals surface area contributed by atoms with Gasteiger partial charge in [0.1, 0.15) is 5.82 Å². The average Bonchev–Trinajstić information content (AvgIpc) is 3.18. The van der Waals surface area contributed by atoms with E-state index in [0.717, 1.165) is 23.6 Å². The van der Waals surface area contributed by atoms with E-state index in [9.17, 15) is 22.4 Å². The summed E-state index contributed by atoms with van der Waals surface area (Å²) in [5.74, 6) is -4.20. The topological polar surface area (TPSA) is 47.8 Å². The van der Waals surface area contributed by atoms with Gasteiger partial charge in [-0.1, -0.05) is 0 Å². The van der Waals surface area contributed by atoms with Crippen LogP contribution in [-0.4, -0.2) is 20.5 Å². The van der Waals surface area contributed by atoms with Crippen molar-refractivity contribution in [1.29, 1.82) is 0 Å². The zero-order chi connectivity index (χ0) is 16.3. The van der Waals surface area contributed by atoms with Crippen LogP contribution in [0.3, 0.4) is 0 Å². The van der Waals surface area contributed by atoms with Crippen LogP contribution in [0.1, 0.15) is 53.5 Å². The van der Waals surface area contributed by atoms with Crippen molar-refractivity contribution in [1.82, 2.24) is 14.8 Å². The van der Waals surface area contributed by atoms with E-state index in [0.29, 0.717) is 6.07 Å². The molecule has 1 aromatic heterocycles. The molecular formula is C15H11F4N3O. The molecule has 1 aliphatic heterocycles. The lowest BCUT2D eigenvalue weighted by molar-refractivity contribution is 0.0956. The van der Waals surface area contributed by atoms with Crippen molar-refractivity contribution < 1.29 is 22.4 Å². The molecule has 0 bridgehead atoms. The Hall–Kier alpha value is -2.25. The van der Waals surface area contributed by atoms with Crippen molar-refractivity contribution in [3.63, 3.8) is 0 Å². The summed E-state index contributed by atoms with van der Waals surface area (Å²) in [5.41, 5.74) is -0.334. The lowest BCUT2D eigenvalue weighted by atomic mass is 10.0. The van der Waals surface area contributed by atoms with Gasteiger partial charge in [0, 0.05) is 24.0 Å². The van der Waals surface area contributed by atoms with Gasteiger partial charge in [-0.3, -0.25) is 4.79 Å². The Morgan fingerprint density at radius 3 is 2.65 bits per heavy atom. The molecule has 1 aromatic carbocycles. The number of carbonyl (C=O) groups excluding carboxylic acids is 1.